The lowest BCUT2D eigenvalue weighted by Crippen LogP contribution is -2.06. The van der Waals surface area contributed by atoms with Crippen LogP contribution in [0.1, 0.15) is 23.6 Å². The molecule has 0 aliphatic rings. The summed E-state index contributed by atoms with van der Waals surface area (Å²) in [5, 5.41) is 9.27. The monoisotopic (exact) mass is 455 g/mol. The number of ether oxygens (including phenoxy) is 3. The number of carbonyl (C=O) groups excluding carboxylic acids is 1. The van der Waals surface area contributed by atoms with Gasteiger partial charge in [-0.3, -0.25) is 0 Å². The van der Waals surface area contributed by atoms with Gasteiger partial charge in [-0.05, 0) is 54.8 Å². The number of hydrogen-bond acceptors (Lipinski definition) is 5. The third kappa shape index (κ3) is 6.23. The third-order valence-electron chi connectivity index (χ3n) is 3.96. The van der Waals surface area contributed by atoms with Crippen molar-refractivity contribution in [2.45, 2.75) is 20.0 Å². The van der Waals surface area contributed by atoms with Gasteiger partial charge in [0.15, 0.2) is 11.5 Å². The Hall–Kier alpha value is -3.04. The van der Waals surface area contributed by atoms with Gasteiger partial charge in [0.25, 0.3) is 0 Å². The van der Waals surface area contributed by atoms with Crippen molar-refractivity contribution < 1.29 is 19.0 Å². The van der Waals surface area contributed by atoms with Crippen LogP contribution < -0.4 is 9.47 Å². The van der Waals surface area contributed by atoms with Crippen molar-refractivity contribution in [2.75, 3.05) is 13.7 Å². The molecule has 2 rings (SSSR count). The summed E-state index contributed by atoms with van der Waals surface area (Å²) in [5.74, 6) is 0.450. The maximum atomic E-state index is 11.9. The number of nitriles is 1. The molecule has 0 heterocycles. The van der Waals surface area contributed by atoms with E-state index in [-0.39, 0.29) is 12.2 Å². The molecule has 5 nitrogen and oxygen atoms in total. The average Bonchev–Trinajstić information content (AvgIpc) is 2.72. The number of benzene rings is 2. The molecule has 0 aromatic heterocycles. The van der Waals surface area contributed by atoms with E-state index in [4.69, 9.17) is 14.2 Å². The van der Waals surface area contributed by atoms with Gasteiger partial charge in [0.1, 0.15) is 18.2 Å². The number of hydrogen-bond donors (Lipinski definition) is 0. The van der Waals surface area contributed by atoms with Crippen molar-refractivity contribution in [2.24, 2.45) is 0 Å². The predicted octanol–water partition coefficient (Wildman–Crippen LogP) is 5.24. The van der Waals surface area contributed by atoms with E-state index in [0.717, 1.165) is 15.6 Å². The van der Waals surface area contributed by atoms with Gasteiger partial charge < -0.3 is 14.2 Å². The summed E-state index contributed by atoms with van der Waals surface area (Å²) < 4.78 is 17.5. The van der Waals surface area contributed by atoms with E-state index in [1.165, 1.54) is 6.08 Å². The Morgan fingerprint density at radius 3 is 2.59 bits per heavy atom. The molecule has 0 aliphatic heterocycles. The molecule has 0 saturated heterocycles. The van der Waals surface area contributed by atoms with Gasteiger partial charge in [-0.1, -0.05) is 34.1 Å². The van der Waals surface area contributed by atoms with E-state index in [2.05, 4.69) is 22.5 Å². The molecule has 0 atom stereocenters. The number of nitrogens with zero attached hydrogens (tertiary/aromatic N) is 1. The Bertz CT molecular complexity index is 943. The molecule has 29 heavy (non-hydrogen) atoms. The molecular formula is C23H22BrNO4. The lowest BCUT2D eigenvalue weighted by atomic mass is 10.0. The molecule has 0 amide bonds. The minimum atomic E-state index is -0.658. The average molecular weight is 456 g/mol. The summed E-state index contributed by atoms with van der Waals surface area (Å²) in [5.41, 5.74) is 2.41. The van der Waals surface area contributed by atoms with Crippen LogP contribution in [-0.2, 0) is 22.6 Å². The van der Waals surface area contributed by atoms with Crippen molar-refractivity contribution in [3.63, 3.8) is 0 Å². The predicted molar refractivity (Wildman–Crippen MR) is 116 cm³/mol. The Labute approximate surface area is 179 Å². The molecule has 0 bridgehead atoms. The fraction of sp³-hybridized carbons (Fsp3) is 0.217. The third-order valence-corrected chi connectivity index (χ3v) is 4.49. The zero-order valence-electron chi connectivity index (χ0n) is 16.4. The Kier molecular flexibility index (Phi) is 8.50. The second kappa shape index (κ2) is 11.1. The first-order chi connectivity index (χ1) is 14.0. The highest BCUT2D eigenvalue weighted by molar-refractivity contribution is 9.10. The van der Waals surface area contributed by atoms with Crippen LogP contribution in [0.2, 0.25) is 0 Å². The zero-order valence-corrected chi connectivity index (χ0v) is 18.0. The van der Waals surface area contributed by atoms with E-state index in [0.29, 0.717) is 30.1 Å². The summed E-state index contributed by atoms with van der Waals surface area (Å²) in [4.78, 5) is 11.9. The molecule has 6 heteroatoms. The van der Waals surface area contributed by atoms with Crippen LogP contribution in [-0.4, -0.2) is 19.7 Å². The van der Waals surface area contributed by atoms with Crippen LogP contribution in [0.25, 0.3) is 6.08 Å². The minimum absolute atomic E-state index is 0.0815. The maximum Gasteiger partial charge on any atom is 0.348 e. The molecule has 0 saturated carbocycles. The molecule has 0 aliphatic carbocycles. The summed E-state index contributed by atoms with van der Waals surface area (Å²) >= 11 is 3.42. The van der Waals surface area contributed by atoms with Gasteiger partial charge in [0.2, 0.25) is 0 Å². The number of carbonyl (C=O) groups is 1. The van der Waals surface area contributed by atoms with Gasteiger partial charge in [-0.25, -0.2) is 4.79 Å². The zero-order chi connectivity index (χ0) is 21.2. The van der Waals surface area contributed by atoms with E-state index in [1.807, 2.05) is 36.4 Å². The number of allylic oxidation sites excluding steroid dienone is 1. The van der Waals surface area contributed by atoms with Crippen molar-refractivity contribution in [3.8, 4) is 17.6 Å². The first-order valence-corrected chi connectivity index (χ1v) is 9.79. The highest BCUT2D eigenvalue weighted by atomic mass is 79.9. The lowest BCUT2D eigenvalue weighted by molar-refractivity contribution is -0.137. The van der Waals surface area contributed by atoms with E-state index < -0.39 is 5.97 Å². The van der Waals surface area contributed by atoms with Gasteiger partial charge in [-0.15, -0.1) is 6.58 Å². The van der Waals surface area contributed by atoms with Crippen molar-refractivity contribution >= 4 is 28.0 Å². The summed E-state index contributed by atoms with van der Waals surface area (Å²) in [6.45, 7) is 6.06. The molecule has 0 N–H and O–H groups in total. The van der Waals surface area contributed by atoms with E-state index in [1.54, 1.807) is 26.2 Å². The first kappa shape index (κ1) is 22.3. The minimum Gasteiger partial charge on any atom is -0.493 e. The topological polar surface area (TPSA) is 68.6 Å². The highest BCUT2D eigenvalue weighted by Gasteiger charge is 2.15. The second-order valence-corrected chi connectivity index (χ2v) is 6.93. The lowest BCUT2D eigenvalue weighted by Gasteiger charge is -2.16. The van der Waals surface area contributed by atoms with Crippen molar-refractivity contribution in [1.82, 2.24) is 0 Å². The van der Waals surface area contributed by atoms with Crippen LogP contribution in [0, 0.1) is 11.3 Å². The SMILES string of the molecule is C=CCc1cc(C=C(C#N)C(=O)OCC)cc(OC)c1OCc1ccc(Br)cc1. The largest absolute Gasteiger partial charge is 0.493 e. The van der Waals surface area contributed by atoms with Crippen LogP contribution in [0.3, 0.4) is 0 Å². The number of halogens is 1. The van der Waals surface area contributed by atoms with Crippen LogP contribution in [0.5, 0.6) is 11.5 Å². The number of rotatable bonds is 9. The summed E-state index contributed by atoms with van der Waals surface area (Å²) in [7, 11) is 1.55. The standard InChI is InChI=1S/C23H22BrNO4/c1-4-6-18-11-17(12-19(14-25)23(26)28-5-2)13-21(27-3)22(18)29-15-16-7-9-20(24)10-8-16/h4,7-13H,1,5-6,15H2,2-3H3. The Morgan fingerprint density at radius 1 is 1.28 bits per heavy atom. The Morgan fingerprint density at radius 2 is 2.00 bits per heavy atom. The molecule has 150 valence electrons. The first-order valence-electron chi connectivity index (χ1n) is 9.00. The quantitative estimate of drug-likeness (QED) is 0.224. The molecule has 2 aromatic carbocycles. The molecule has 0 unspecified atom stereocenters. The second-order valence-electron chi connectivity index (χ2n) is 6.01. The van der Waals surface area contributed by atoms with Crippen molar-refractivity contribution in [3.05, 3.63) is 75.8 Å². The molecule has 0 fully saturated rings. The van der Waals surface area contributed by atoms with Crippen molar-refractivity contribution in [1.29, 1.82) is 5.26 Å². The van der Waals surface area contributed by atoms with E-state index >= 15 is 0 Å². The number of methoxy groups -OCH3 is 1. The maximum absolute atomic E-state index is 11.9. The van der Waals surface area contributed by atoms with Crippen LogP contribution in [0.4, 0.5) is 0 Å². The van der Waals surface area contributed by atoms with Gasteiger partial charge in [0, 0.05) is 10.0 Å². The van der Waals surface area contributed by atoms with Gasteiger partial charge in [-0.2, -0.15) is 5.26 Å². The fourth-order valence-electron chi connectivity index (χ4n) is 2.64. The fourth-order valence-corrected chi connectivity index (χ4v) is 2.90. The molecule has 0 radical (unpaired) electrons. The van der Waals surface area contributed by atoms with Gasteiger partial charge >= 0.3 is 5.97 Å². The molecular weight excluding hydrogens is 434 g/mol. The molecule has 2 aromatic rings. The summed E-state index contributed by atoms with van der Waals surface area (Å²) in [6.07, 6.45) is 3.77. The number of esters is 1. The molecule has 0 spiro atoms. The Balaban J connectivity index is 2.39. The van der Waals surface area contributed by atoms with Crippen LogP contribution >= 0.6 is 15.9 Å². The smallest absolute Gasteiger partial charge is 0.348 e. The summed E-state index contributed by atoms with van der Waals surface area (Å²) in [6, 6.07) is 13.3. The van der Waals surface area contributed by atoms with Crippen LogP contribution in [0.15, 0.2) is 59.1 Å². The highest BCUT2D eigenvalue weighted by Crippen LogP contribution is 2.35. The van der Waals surface area contributed by atoms with E-state index in [9.17, 15) is 10.1 Å². The normalized spacial score (nSPS) is 10.8. The van der Waals surface area contributed by atoms with Gasteiger partial charge in [0.05, 0.1) is 13.7 Å².